The van der Waals surface area contributed by atoms with E-state index in [1.165, 1.54) is 20.3 Å². The Morgan fingerprint density at radius 3 is 2.11 bits per heavy atom. The molecule has 156 valence electrons. The van der Waals surface area contributed by atoms with Crippen molar-refractivity contribution in [3.63, 3.8) is 0 Å². The molecule has 2 rings (SSSR count). The summed E-state index contributed by atoms with van der Waals surface area (Å²) in [6.07, 6.45) is 0. The third-order valence-corrected chi connectivity index (χ3v) is 6.02. The molecular formula is C20H30FN3O3S. The SMILES string of the molecule is COC1=N[C@H]([C@H](N[S+]([O-])C(C)(C)C)c2ccccc2F)C(OC)=N[C@H]1C(C)C. The highest BCUT2D eigenvalue weighted by atomic mass is 32.2. The zero-order valence-electron chi connectivity index (χ0n) is 17.5. The highest BCUT2D eigenvalue weighted by molar-refractivity contribution is 7.90. The molecule has 28 heavy (non-hydrogen) atoms. The molecule has 0 radical (unpaired) electrons. The molecule has 4 atom stereocenters. The van der Waals surface area contributed by atoms with Gasteiger partial charge in [-0.2, -0.15) is 0 Å². The topological polar surface area (TPSA) is 78.3 Å². The number of ether oxygens (including phenoxy) is 2. The largest absolute Gasteiger partial charge is 0.598 e. The molecule has 0 amide bonds. The van der Waals surface area contributed by atoms with E-state index in [-0.39, 0.29) is 12.0 Å². The zero-order valence-corrected chi connectivity index (χ0v) is 18.3. The van der Waals surface area contributed by atoms with Gasteiger partial charge in [-0.15, -0.1) is 4.72 Å². The smallest absolute Gasteiger partial charge is 0.211 e. The van der Waals surface area contributed by atoms with Crippen LogP contribution in [-0.4, -0.2) is 47.4 Å². The fourth-order valence-corrected chi connectivity index (χ4v) is 3.69. The summed E-state index contributed by atoms with van der Waals surface area (Å²) in [5.74, 6) is 0.534. The summed E-state index contributed by atoms with van der Waals surface area (Å²) in [6, 6.07) is 4.63. The van der Waals surface area contributed by atoms with E-state index in [9.17, 15) is 8.94 Å². The van der Waals surface area contributed by atoms with Crippen molar-refractivity contribution in [1.29, 1.82) is 0 Å². The molecule has 1 unspecified atom stereocenters. The monoisotopic (exact) mass is 411 g/mol. The molecule has 0 saturated carbocycles. The van der Waals surface area contributed by atoms with E-state index in [1.54, 1.807) is 18.2 Å². The van der Waals surface area contributed by atoms with Gasteiger partial charge in [0.05, 0.1) is 14.2 Å². The molecule has 0 bridgehead atoms. The van der Waals surface area contributed by atoms with Crippen LogP contribution in [0.3, 0.4) is 0 Å². The molecule has 0 fully saturated rings. The van der Waals surface area contributed by atoms with Gasteiger partial charge in [-0.25, -0.2) is 14.4 Å². The Hall–Kier alpha value is -1.64. The summed E-state index contributed by atoms with van der Waals surface area (Å²) in [6.45, 7) is 9.56. The Balaban J connectivity index is 2.54. The highest BCUT2D eigenvalue weighted by Crippen LogP contribution is 2.30. The van der Waals surface area contributed by atoms with Gasteiger partial charge >= 0.3 is 0 Å². The second-order valence-corrected chi connectivity index (χ2v) is 9.97. The first-order chi connectivity index (χ1) is 13.1. The Morgan fingerprint density at radius 2 is 1.61 bits per heavy atom. The van der Waals surface area contributed by atoms with Crippen molar-refractivity contribution >= 4 is 23.2 Å². The normalized spacial score (nSPS) is 22.4. The van der Waals surface area contributed by atoms with Gasteiger partial charge in [0, 0.05) is 16.9 Å². The number of hydrogen-bond donors (Lipinski definition) is 1. The number of halogens is 1. The van der Waals surface area contributed by atoms with Crippen molar-refractivity contribution in [2.75, 3.05) is 14.2 Å². The molecular weight excluding hydrogens is 381 g/mol. The molecule has 1 aromatic carbocycles. The van der Waals surface area contributed by atoms with E-state index in [1.807, 2.05) is 34.6 Å². The fraction of sp³-hybridized carbons (Fsp3) is 0.600. The lowest BCUT2D eigenvalue weighted by molar-refractivity contribution is 0.322. The van der Waals surface area contributed by atoms with E-state index in [2.05, 4.69) is 14.7 Å². The molecule has 1 heterocycles. The molecule has 0 aliphatic carbocycles. The van der Waals surface area contributed by atoms with Crippen LogP contribution in [0.2, 0.25) is 0 Å². The Morgan fingerprint density at radius 1 is 1.07 bits per heavy atom. The summed E-state index contributed by atoms with van der Waals surface area (Å²) >= 11 is -1.46. The van der Waals surface area contributed by atoms with E-state index in [0.717, 1.165) is 0 Å². The summed E-state index contributed by atoms with van der Waals surface area (Å²) in [4.78, 5) is 9.34. The van der Waals surface area contributed by atoms with Crippen LogP contribution in [0.4, 0.5) is 4.39 Å². The second-order valence-electron chi connectivity index (χ2n) is 7.97. The maximum Gasteiger partial charge on any atom is 0.211 e. The summed E-state index contributed by atoms with van der Waals surface area (Å²) in [5.41, 5.74) is 0.344. The van der Waals surface area contributed by atoms with Gasteiger partial charge in [0.1, 0.15) is 22.6 Å². The first kappa shape index (κ1) is 22.6. The highest BCUT2D eigenvalue weighted by Gasteiger charge is 2.41. The maximum atomic E-state index is 14.7. The average molecular weight is 412 g/mol. The number of hydrogen-bond acceptors (Lipinski definition) is 6. The van der Waals surface area contributed by atoms with Crippen molar-refractivity contribution in [2.45, 2.75) is 57.5 Å². The van der Waals surface area contributed by atoms with E-state index >= 15 is 0 Å². The standard InChI is InChI=1S/C20H30FN3O3S/c1-12(2)15-18(26-6)23-17(19(22-15)27-7)16(24-28(25)20(3,4)5)13-10-8-9-11-14(13)21/h8-12,15-17,24H,1-7H3/t15-,16+,17+,28?/m0/s1. The first-order valence-corrected chi connectivity index (χ1v) is 10.4. The number of methoxy groups -OCH3 is 2. The van der Waals surface area contributed by atoms with Gasteiger partial charge in [0.25, 0.3) is 0 Å². The molecule has 0 saturated heterocycles. The first-order valence-electron chi connectivity index (χ1n) is 9.26. The summed E-state index contributed by atoms with van der Waals surface area (Å²) in [5, 5.41) is 0. The van der Waals surface area contributed by atoms with E-state index in [4.69, 9.17) is 9.47 Å². The molecule has 1 N–H and O–H groups in total. The van der Waals surface area contributed by atoms with Gasteiger partial charge in [0.2, 0.25) is 11.8 Å². The van der Waals surface area contributed by atoms with Gasteiger partial charge in [0.15, 0.2) is 6.04 Å². The molecule has 6 nitrogen and oxygen atoms in total. The number of rotatable bonds is 5. The molecule has 1 aromatic rings. The minimum Gasteiger partial charge on any atom is -0.598 e. The zero-order chi connectivity index (χ0) is 21.1. The predicted octanol–water partition coefficient (Wildman–Crippen LogP) is 3.42. The van der Waals surface area contributed by atoms with Crippen LogP contribution < -0.4 is 4.72 Å². The number of benzene rings is 1. The summed E-state index contributed by atoms with van der Waals surface area (Å²) < 4.78 is 41.0. The van der Waals surface area contributed by atoms with E-state index < -0.39 is 34.0 Å². The molecule has 8 heteroatoms. The van der Waals surface area contributed by atoms with E-state index in [0.29, 0.717) is 17.4 Å². The third-order valence-electron chi connectivity index (χ3n) is 4.43. The van der Waals surface area contributed by atoms with Crippen LogP contribution >= 0.6 is 0 Å². The number of nitrogens with zero attached hydrogens (tertiary/aromatic N) is 2. The van der Waals surface area contributed by atoms with Crippen LogP contribution in [0.15, 0.2) is 34.3 Å². The minimum atomic E-state index is -1.46. The van der Waals surface area contributed by atoms with Crippen molar-refractivity contribution in [1.82, 2.24) is 4.72 Å². The Bertz CT molecular complexity index is 734. The average Bonchev–Trinajstić information content (AvgIpc) is 2.64. The quantitative estimate of drug-likeness (QED) is 0.753. The Labute approximate surface area is 169 Å². The molecule has 0 spiro atoms. The van der Waals surface area contributed by atoms with Crippen molar-refractivity contribution in [3.05, 3.63) is 35.6 Å². The lowest BCUT2D eigenvalue weighted by Gasteiger charge is -2.34. The number of nitrogens with one attached hydrogen (secondary N) is 1. The van der Waals surface area contributed by atoms with Crippen molar-refractivity contribution in [2.24, 2.45) is 15.9 Å². The summed E-state index contributed by atoms with van der Waals surface area (Å²) in [7, 11) is 3.05. The lowest BCUT2D eigenvalue weighted by atomic mass is 9.96. The van der Waals surface area contributed by atoms with Gasteiger partial charge in [-0.1, -0.05) is 32.0 Å². The maximum absolute atomic E-state index is 14.7. The fourth-order valence-electron chi connectivity index (χ4n) is 2.85. The van der Waals surface area contributed by atoms with Crippen molar-refractivity contribution in [3.8, 4) is 0 Å². The second kappa shape index (κ2) is 9.24. The predicted molar refractivity (Wildman–Crippen MR) is 111 cm³/mol. The van der Waals surface area contributed by atoms with Crippen LogP contribution in [0.1, 0.15) is 46.2 Å². The number of aliphatic imine (C=N–C) groups is 2. The van der Waals surface area contributed by atoms with Crippen LogP contribution in [0.25, 0.3) is 0 Å². The van der Waals surface area contributed by atoms with Gasteiger partial charge in [-0.3, -0.25) is 0 Å². The molecule has 1 aliphatic rings. The molecule has 0 aromatic heterocycles. The third kappa shape index (κ3) is 5.04. The van der Waals surface area contributed by atoms with Gasteiger partial charge < -0.3 is 14.0 Å². The van der Waals surface area contributed by atoms with Crippen LogP contribution in [0.5, 0.6) is 0 Å². The van der Waals surface area contributed by atoms with Gasteiger partial charge in [-0.05, 0) is 32.8 Å². The van der Waals surface area contributed by atoms with Crippen LogP contribution in [-0.2, 0) is 20.8 Å². The lowest BCUT2D eigenvalue weighted by Crippen LogP contribution is -2.49. The van der Waals surface area contributed by atoms with Crippen molar-refractivity contribution < 1.29 is 18.4 Å². The Kier molecular flexibility index (Phi) is 7.47. The minimum absolute atomic E-state index is 0.147. The van der Waals surface area contributed by atoms with Crippen LogP contribution in [0, 0.1) is 11.7 Å². The molecule has 1 aliphatic heterocycles.